The molecule has 0 bridgehead atoms. The van der Waals surface area contributed by atoms with Gasteiger partial charge in [0.1, 0.15) is 5.75 Å². The normalized spacial score (nSPS) is 12.5. The maximum absolute atomic E-state index is 11.1. The lowest BCUT2D eigenvalue weighted by Crippen LogP contribution is -2.26. The molecule has 21 heavy (non-hydrogen) atoms. The zero-order valence-corrected chi connectivity index (χ0v) is 14.8. The second-order valence-electron chi connectivity index (χ2n) is 5.85. The molecule has 0 fully saturated rings. The molecule has 3 N–H and O–H groups in total. The molecule has 0 radical (unpaired) electrons. The van der Waals surface area contributed by atoms with Crippen LogP contribution in [0.5, 0.6) is 5.75 Å². The van der Waals surface area contributed by atoms with Gasteiger partial charge < -0.3 is 15.8 Å². The number of carbonyl (C=O) groups excluding carboxylic acids is 1. The van der Waals surface area contributed by atoms with Crippen LogP contribution in [0.1, 0.15) is 31.9 Å². The van der Waals surface area contributed by atoms with Crippen molar-refractivity contribution in [2.75, 3.05) is 13.2 Å². The van der Waals surface area contributed by atoms with E-state index in [2.05, 4.69) is 35.1 Å². The maximum Gasteiger partial charge on any atom is 0.223 e. The number of benzene rings is 1. The van der Waals surface area contributed by atoms with Crippen LogP contribution in [0.4, 0.5) is 0 Å². The third-order valence-corrected chi connectivity index (χ3v) is 3.61. The summed E-state index contributed by atoms with van der Waals surface area (Å²) < 4.78 is 6.87. The van der Waals surface area contributed by atoms with Crippen molar-refractivity contribution < 1.29 is 9.53 Å². The molecule has 1 aromatic rings. The zero-order valence-electron chi connectivity index (χ0n) is 13.2. The van der Waals surface area contributed by atoms with Crippen molar-refractivity contribution in [3.8, 4) is 5.75 Å². The van der Waals surface area contributed by atoms with Crippen molar-refractivity contribution in [3.63, 3.8) is 0 Å². The van der Waals surface area contributed by atoms with Crippen LogP contribution in [0.3, 0.4) is 0 Å². The molecule has 0 aromatic heterocycles. The lowest BCUT2D eigenvalue weighted by atomic mass is 10.1. The molecular weight excluding hydrogens is 332 g/mol. The molecule has 0 spiro atoms. The van der Waals surface area contributed by atoms with E-state index in [-0.39, 0.29) is 11.8 Å². The van der Waals surface area contributed by atoms with Crippen LogP contribution in [0.2, 0.25) is 0 Å². The van der Waals surface area contributed by atoms with E-state index in [4.69, 9.17) is 10.5 Å². The molecule has 1 aromatic carbocycles. The minimum atomic E-state index is -0.343. The first-order valence-corrected chi connectivity index (χ1v) is 8.02. The average Bonchev–Trinajstić information content (AvgIpc) is 2.36. The Morgan fingerprint density at radius 1 is 1.38 bits per heavy atom. The highest BCUT2D eigenvalue weighted by Gasteiger charge is 2.14. The Morgan fingerprint density at radius 2 is 2.05 bits per heavy atom. The van der Waals surface area contributed by atoms with E-state index in [0.717, 1.165) is 34.4 Å². The number of halogens is 1. The van der Waals surface area contributed by atoms with Crippen LogP contribution in [-0.2, 0) is 11.3 Å². The van der Waals surface area contributed by atoms with E-state index in [1.54, 1.807) is 6.92 Å². The Labute approximate surface area is 135 Å². The summed E-state index contributed by atoms with van der Waals surface area (Å²) in [6, 6.07) is 4.06. The Kier molecular flexibility index (Phi) is 7.18. The molecule has 5 heteroatoms. The molecule has 1 amide bonds. The molecule has 1 unspecified atom stereocenters. The summed E-state index contributed by atoms with van der Waals surface area (Å²) in [6.45, 7) is 10.1. The fourth-order valence-electron chi connectivity index (χ4n) is 1.92. The van der Waals surface area contributed by atoms with E-state index < -0.39 is 0 Å². The highest BCUT2D eigenvalue weighted by Crippen LogP contribution is 2.28. The van der Waals surface area contributed by atoms with Crippen LogP contribution >= 0.6 is 15.9 Å². The van der Waals surface area contributed by atoms with Crippen molar-refractivity contribution in [2.24, 2.45) is 17.6 Å². The monoisotopic (exact) mass is 356 g/mol. The van der Waals surface area contributed by atoms with Gasteiger partial charge in [0, 0.05) is 16.6 Å². The van der Waals surface area contributed by atoms with Gasteiger partial charge in [0.15, 0.2) is 0 Å². The molecular formula is C16H25BrN2O2. The first-order chi connectivity index (χ1) is 9.81. The van der Waals surface area contributed by atoms with Crippen molar-refractivity contribution in [1.82, 2.24) is 5.32 Å². The Hall–Kier alpha value is -1.07. The average molecular weight is 357 g/mol. The fourth-order valence-corrected chi connectivity index (χ4v) is 2.54. The number of rotatable bonds is 8. The number of amides is 1. The highest BCUT2D eigenvalue weighted by molar-refractivity contribution is 9.10. The Balaban J connectivity index is 2.82. The highest BCUT2D eigenvalue weighted by atomic mass is 79.9. The summed E-state index contributed by atoms with van der Waals surface area (Å²) in [5.41, 5.74) is 7.40. The van der Waals surface area contributed by atoms with Gasteiger partial charge in [-0.15, -0.1) is 0 Å². The van der Waals surface area contributed by atoms with Gasteiger partial charge in [-0.1, -0.05) is 36.7 Å². The number of nitrogens with one attached hydrogen (secondary N) is 1. The van der Waals surface area contributed by atoms with Gasteiger partial charge >= 0.3 is 0 Å². The lowest BCUT2D eigenvalue weighted by Gasteiger charge is -2.17. The molecule has 0 aliphatic rings. The standard InChI is InChI=1S/C16H25BrN2O2/c1-10(2)7-19-8-13-6-14(17)5-11(3)15(13)21-9-12(4)16(18)20/h5-6,10,12,19H,7-9H2,1-4H3,(H2,18,20). The molecule has 118 valence electrons. The topological polar surface area (TPSA) is 64.3 Å². The first kappa shape index (κ1) is 18.0. The smallest absolute Gasteiger partial charge is 0.223 e. The van der Waals surface area contributed by atoms with Gasteiger partial charge in [0.2, 0.25) is 5.91 Å². The summed E-state index contributed by atoms with van der Waals surface area (Å²) in [5, 5.41) is 3.41. The van der Waals surface area contributed by atoms with Gasteiger partial charge in [-0.3, -0.25) is 4.79 Å². The number of nitrogens with two attached hydrogens (primary N) is 1. The van der Waals surface area contributed by atoms with Crippen molar-refractivity contribution in [2.45, 2.75) is 34.2 Å². The predicted octanol–water partition coefficient (Wildman–Crippen LogP) is 3.00. The Bertz CT molecular complexity index is 489. The minimum absolute atomic E-state index is 0.301. The number of ether oxygens (including phenoxy) is 1. The molecule has 0 aliphatic carbocycles. The van der Waals surface area contributed by atoms with Gasteiger partial charge in [0.25, 0.3) is 0 Å². The van der Waals surface area contributed by atoms with Crippen LogP contribution in [0.15, 0.2) is 16.6 Å². The molecule has 0 aliphatic heterocycles. The number of carbonyl (C=O) groups is 1. The van der Waals surface area contributed by atoms with Crippen LogP contribution in [0.25, 0.3) is 0 Å². The molecule has 1 atom stereocenters. The van der Waals surface area contributed by atoms with E-state index >= 15 is 0 Å². The first-order valence-electron chi connectivity index (χ1n) is 7.23. The SMILES string of the molecule is Cc1cc(Br)cc(CNCC(C)C)c1OCC(C)C(N)=O. The minimum Gasteiger partial charge on any atom is -0.492 e. The van der Waals surface area contributed by atoms with Crippen LogP contribution in [0, 0.1) is 18.8 Å². The molecule has 1 rings (SSSR count). The second-order valence-corrected chi connectivity index (χ2v) is 6.77. The third kappa shape index (κ3) is 6.06. The zero-order chi connectivity index (χ0) is 16.0. The maximum atomic E-state index is 11.1. The van der Waals surface area contributed by atoms with Gasteiger partial charge in [-0.25, -0.2) is 0 Å². The number of aryl methyl sites for hydroxylation is 1. The summed E-state index contributed by atoms with van der Waals surface area (Å²) >= 11 is 3.51. The predicted molar refractivity (Wildman–Crippen MR) is 89.3 cm³/mol. The van der Waals surface area contributed by atoms with E-state index in [1.165, 1.54) is 0 Å². The van der Waals surface area contributed by atoms with E-state index in [9.17, 15) is 4.79 Å². The Morgan fingerprint density at radius 3 is 2.62 bits per heavy atom. The summed E-state index contributed by atoms with van der Waals surface area (Å²) in [6.07, 6.45) is 0. The third-order valence-electron chi connectivity index (χ3n) is 3.15. The molecule has 0 saturated carbocycles. The van der Waals surface area contributed by atoms with E-state index in [0.29, 0.717) is 12.5 Å². The van der Waals surface area contributed by atoms with Gasteiger partial charge in [-0.2, -0.15) is 0 Å². The van der Waals surface area contributed by atoms with Crippen LogP contribution in [-0.4, -0.2) is 19.1 Å². The lowest BCUT2D eigenvalue weighted by molar-refractivity contribution is -0.122. The number of hydrogen-bond acceptors (Lipinski definition) is 3. The second kappa shape index (κ2) is 8.39. The number of hydrogen-bond donors (Lipinski definition) is 2. The van der Waals surface area contributed by atoms with E-state index in [1.807, 2.05) is 19.1 Å². The largest absolute Gasteiger partial charge is 0.492 e. The quantitative estimate of drug-likeness (QED) is 0.752. The summed E-state index contributed by atoms with van der Waals surface area (Å²) in [7, 11) is 0. The van der Waals surface area contributed by atoms with Gasteiger partial charge in [-0.05, 0) is 37.1 Å². The number of primary amides is 1. The summed E-state index contributed by atoms with van der Waals surface area (Å²) in [4.78, 5) is 11.1. The van der Waals surface area contributed by atoms with Crippen molar-refractivity contribution in [3.05, 3.63) is 27.7 Å². The fraction of sp³-hybridized carbons (Fsp3) is 0.562. The van der Waals surface area contributed by atoms with Crippen molar-refractivity contribution in [1.29, 1.82) is 0 Å². The molecule has 0 heterocycles. The van der Waals surface area contributed by atoms with Gasteiger partial charge in [0.05, 0.1) is 12.5 Å². The van der Waals surface area contributed by atoms with Crippen LogP contribution < -0.4 is 15.8 Å². The summed E-state index contributed by atoms with van der Waals surface area (Å²) in [5.74, 6) is 0.786. The van der Waals surface area contributed by atoms with Crippen molar-refractivity contribution >= 4 is 21.8 Å². The molecule has 4 nitrogen and oxygen atoms in total. The molecule has 0 saturated heterocycles.